The van der Waals surface area contributed by atoms with Crippen molar-refractivity contribution in [3.8, 4) is 0 Å². The van der Waals surface area contributed by atoms with Gasteiger partial charge in [-0.15, -0.1) is 0 Å². The molecule has 0 spiro atoms. The van der Waals surface area contributed by atoms with E-state index in [0.717, 1.165) is 22.9 Å². The smallest absolute Gasteiger partial charge is 0.285 e. The van der Waals surface area contributed by atoms with E-state index in [1.54, 1.807) is 0 Å². The fourth-order valence-corrected chi connectivity index (χ4v) is 3.23. The Hall–Kier alpha value is -2.60. The zero-order valence-electron chi connectivity index (χ0n) is 12.1. The van der Waals surface area contributed by atoms with E-state index in [0.29, 0.717) is 0 Å². The second kappa shape index (κ2) is 7.53. The van der Waals surface area contributed by atoms with Crippen molar-refractivity contribution in [3.63, 3.8) is 0 Å². The van der Waals surface area contributed by atoms with Crippen LogP contribution in [0.15, 0.2) is 44.2 Å². The maximum atomic E-state index is 12.1. The number of aromatic nitrogens is 1. The van der Waals surface area contributed by atoms with Crippen molar-refractivity contribution in [1.82, 2.24) is 4.57 Å². The minimum Gasteiger partial charge on any atom is -0.323 e. The predicted octanol–water partition coefficient (Wildman–Crippen LogP) is 2.83. The molecule has 0 atom stereocenters. The van der Waals surface area contributed by atoms with Gasteiger partial charge in [-0.05, 0) is 31.9 Å². The number of hydrogen-bond acceptors (Lipinski definition) is 6. The van der Waals surface area contributed by atoms with Gasteiger partial charge in [0, 0.05) is 33.2 Å². The van der Waals surface area contributed by atoms with Crippen molar-refractivity contribution in [2.24, 2.45) is 0 Å². The summed E-state index contributed by atoms with van der Waals surface area (Å²) in [4.78, 5) is 44.1. The van der Waals surface area contributed by atoms with Gasteiger partial charge in [0.05, 0.1) is 21.7 Å². The predicted molar refractivity (Wildman–Crippen MR) is 94.5 cm³/mol. The summed E-state index contributed by atoms with van der Waals surface area (Å²) in [7, 11) is 0. The molecule has 0 saturated heterocycles. The van der Waals surface area contributed by atoms with Crippen molar-refractivity contribution in [3.05, 3.63) is 70.0 Å². The number of benzene rings is 1. The molecule has 12 heteroatoms. The number of amides is 1. The van der Waals surface area contributed by atoms with E-state index in [1.165, 1.54) is 12.1 Å². The largest absolute Gasteiger partial charge is 0.323 e. The lowest BCUT2D eigenvalue weighted by Crippen LogP contribution is -2.27. The van der Waals surface area contributed by atoms with Gasteiger partial charge in [0.1, 0.15) is 6.54 Å². The molecule has 1 aromatic heterocycles. The van der Waals surface area contributed by atoms with Gasteiger partial charge in [-0.3, -0.25) is 34.4 Å². The lowest BCUT2D eigenvalue weighted by Gasteiger charge is -2.10. The summed E-state index contributed by atoms with van der Waals surface area (Å²) >= 11 is 6.24. The minimum absolute atomic E-state index is 0.188. The summed E-state index contributed by atoms with van der Waals surface area (Å²) in [5, 5.41) is 24.0. The molecular formula is C13H8Br2N4O6. The van der Waals surface area contributed by atoms with Gasteiger partial charge >= 0.3 is 0 Å². The van der Waals surface area contributed by atoms with Crippen molar-refractivity contribution in [1.29, 1.82) is 0 Å². The number of halogens is 2. The molecule has 1 aromatic carbocycles. The summed E-state index contributed by atoms with van der Waals surface area (Å²) in [6.45, 7) is -0.462. The number of hydrogen-bond donors (Lipinski definition) is 1. The Balaban J connectivity index is 2.24. The first kappa shape index (κ1) is 18.7. The van der Waals surface area contributed by atoms with Crippen LogP contribution >= 0.6 is 31.9 Å². The first-order valence-electron chi connectivity index (χ1n) is 6.47. The van der Waals surface area contributed by atoms with Crippen molar-refractivity contribution >= 4 is 54.8 Å². The zero-order valence-corrected chi connectivity index (χ0v) is 15.3. The van der Waals surface area contributed by atoms with E-state index in [4.69, 9.17) is 0 Å². The third-order valence-corrected chi connectivity index (χ3v) is 4.25. The zero-order chi connectivity index (χ0) is 18.7. The van der Waals surface area contributed by atoms with E-state index in [9.17, 15) is 29.8 Å². The summed E-state index contributed by atoms with van der Waals surface area (Å²) in [6, 6.07) is 4.45. The quantitative estimate of drug-likeness (QED) is 0.521. The van der Waals surface area contributed by atoms with E-state index in [2.05, 4.69) is 37.2 Å². The molecule has 0 radical (unpaired) electrons. The Morgan fingerprint density at radius 2 is 1.64 bits per heavy atom. The Morgan fingerprint density at radius 3 is 2.16 bits per heavy atom. The molecule has 0 bridgehead atoms. The number of carbonyl (C=O) groups excluding carboxylic acids is 1. The second-order valence-corrected chi connectivity index (χ2v) is 6.41. The lowest BCUT2D eigenvalue weighted by atomic mass is 10.3. The highest BCUT2D eigenvalue weighted by molar-refractivity contribution is 9.11. The van der Waals surface area contributed by atoms with Gasteiger partial charge in [0.25, 0.3) is 16.9 Å². The summed E-state index contributed by atoms with van der Waals surface area (Å²) in [5.41, 5.74) is -0.867. The van der Waals surface area contributed by atoms with Crippen LogP contribution in [-0.2, 0) is 11.3 Å². The average molecular weight is 476 g/mol. The van der Waals surface area contributed by atoms with Gasteiger partial charge in [0.15, 0.2) is 0 Å². The van der Waals surface area contributed by atoms with Crippen molar-refractivity contribution in [2.75, 3.05) is 5.32 Å². The fourth-order valence-electron chi connectivity index (χ4n) is 1.87. The van der Waals surface area contributed by atoms with E-state index >= 15 is 0 Å². The Bertz CT molecular complexity index is 919. The van der Waals surface area contributed by atoms with Gasteiger partial charge in [-0.25, -0.2) is 0 Å². The number of non-ortho nitro benzene ring substituents is 1. The SMILES string of the molecule is O=C(Cn1cc([N+](=O)[O-])ccc1=O)Nc1c(Br)cc([N+](=O)[O-])cc1Br. The highest BCUT2D eigenvalue weighted by Crippen LogP contribution is 2.35. The molecule has 2 aromatic rings. The molecule has 10 nitrogen and oxygen atoms in total. The van der Waals surface area contributed by atoms with Gasteiger partial charge in [-0.2, -0.15) is 0 Å². The van der Waals surface area contributed by atoms with Crippen LogP contribution in [0.1, 0.15) is 0 Å². The highest BCUT2D eigenvalue weighted by Gasteiger charge is 2.17. The molecule has 0 fully saturated rings. The number of carbonyl (C=O) groups is 1. The van der Waals surface area contributed by atoms with Crippen LogP contribution in [0.4, 0.5) is 17.1 Å². The van der Waals surface area contributed by atoms with Crippen LogP contribution in [0, 0.1) is 20.2 Å². The van der Waals surface area contributed by atoms with Crippen LogP contribution in [0.3, 0.4) is 0 Å². The maximum absolute atomic E-state index is 12.1. The molecule has 1 amide bonds. The summed E-state index contributed by atoms with van der Waals surface area (Å²) in [6.07, 6.45) is 0.960. The number of nitrogens with zero attached hydrogens (tertiary/aromatic N) is 3. The molecule has 0 aliphatic carbocycles. The maximum Gasteiger partial charge on any atom is 0.285 e. The fraction of sp³-hybridized carbons (Fsp3) is 0.0769. The number of nitro benzene ring substituents is 1. The van der Waals surface area contributed by atoms with E-state index < -0.39 is 27.9 Å². The molecule has 1 heterocycles. The van der Waals surface area contributed by atoms with Crippen LogP contribution in [0.2, 0.25) is 0 Å². The topological polar surface area (TPSA) is 137 Å². The summed E-state index contributed by atoms with van der Waals surface area (Å²) < 4.78 is 1.40. The number of nitrogens with one attached hydrogen (secondary N) is 1. The first-order chi connectivity index (χ1) is 11.7. The Morgan fingerprint density at radius 1 is 1.08 bits per heavy atom. The Labute approximate surface area is 156 Å². The van der Waals surface area contributed by atoms with Crippen LogP contribution in [-0.4, -0.2) is 20.3 Å². The van der Waals surface area contributed by atoms with E-state index in [-0.39, 0.29) is 26.0 Å². The number of rotatable bonds is 5. The Kier molecular flexibility index (Phi) is 5.64. The molecule has 2 rings (SSSR count). The standard InChI is InChI=1S/C13H8Br2N4O6/c14-9-3-8(19(24)25)4-10(15)13(9)16-11(20)6-17-5-7(18(22)23)1-2-12(17)21/h1-5H,6H2,(H,16,20). The highest BCUT2D eigenvalue weighted by atomic mass is 79.9. The van der Waals surface area contributed by atoms with Gasteiger partial charge in [-0.1, -0.05) is 0 Å². The monoisotopic (exact) mass is 474 g/mol. The lowest BCUT2D eigenvalue weighted by molar-refractivity contribution is -0.385. The normalized spacial score (nSPS) is 10.3. The molecule has 0 saturated carbocycles. The molecule has 0 aliphatic rings. The molecule has 25 heavy (non-hydrogen) atoms. The second-order valence-electron chi connectivity index (χ2n) is 4.70. The van der Waals surface area contributed by atoms with Gasteiger partial charge in [0.2, 0.25) is 5.91 Å². The summed E-state index contributed by atoms with van der Waals surface area (Å²) in [5.74, 6) is -0.641. The van der Waals surface area contributed by atoms with Crippen LogP contribution < -0.4 is 10.9 Å². The molecule has 130 valence electrons. The molecule has 0 aliphatic heterocycles. The number of pyridine rings is 1. The van der Waals surface area contributed by atoms with Crippen molar-refractivity contribution in [2.45, 2.75) is 6.54 Å². The van der Waals surface area contributed by atoms with Crippen LogP contribution in [0.25, 0.3) is 0 Å². The molecular weight excluding hydrogens is 468 g/mol. The van der Waals surface area contributed by atoms with Gasteiger partial charge < -0.3 is 5.32 Å². The number of nitro groups is 2. The minimum atomic E-state index is -0.683. The average Bonchev–Trinajstić information content (AvgIpc) is 2.52. The van der Waals surface area contributed by atoms with E-state index in [1.807, 2.05) is 0 Å². The molecule has 1 N–H and O–H groups in total. The molecule has 0 unspecified atom stereocenters. The van der Waals surface area contributed by atoms with Crippen molar-refractivity contribution < 1.29 is 14.6 Å². The first-order valence-corrected chi connectivity index (χ1v) is 8.06. The van der Waals surface area contributed by atoms with Crippen LogP contribution in [0.5, 0.6) is 0 Å². The number of anilines is 1. The third kappa shape index (κ3) is 4.48. The third-order valence-electron chi connectivity index (χ3n) is 2.99.